The van der Waals surface area contributed by atoms with Crippen LogP contribution in [0.2, 0.25) is 0 Å². The molecule has 31 heavy (non-hydrogen) atoms. The Morgan fingerprint density at radius 2 is 2.03 bits per heavy atom. The number of hydrogen-bond donors (Lipinski definition) is 2. The summed E-state index contributed by atoms with van der Waals surface area (Å²) in [5.74, 6) is 0.168. The molecule has 0 saturated heterocycles. The molecule has 2 aromatic rings. The minimum Gasteiger partial charge on any atom is -0.505 e. The van der Waals surface area contributed by atoms with Crippen LogP contribution in [0.5, 0.6) is 11.5 Å². The number of amidine groups is 1. The van der Waals surface area contributed by atoms with Crippen LogP contribution in [0.15, 0.2) is 32.3 Å². The van der Waals surface area contributed by atoms with Gasteiger partial charge in [0, 0.05) is 12.6 Å². The fourth-order valence-corrected chi connectivity index (χ4v) is 4.38. The monoisotopic (exact) mass is 448 g/mol. The Balaban J connectivity index is 2.16. The molecule has 0 atom stereocenters. The highest BCUT2D eigenvalue weighted by atomic mass is 32.2. The zero-order valence-corrected chi connectivity index (χ0v) is 19.0. The molecule has 0 spiro atoms. The van der Waals surface area contributed by atoms with Gasteiger partial charge in [0.05, 0.1) is 12.8 Å². The maximum absolute atomic E-state index is 13.2. The fourth-order valence-electron chi connectivity index (χ4n) is 3.25. The first-order valence-corrected chi connectivity index (χ1v) is 11.7. The largest absolute Gasteiger partial charge is 0.505 e. The first-order valence-electron chi connectivity index (χ1n) is 10.3. The summed E-state index contributed by atoms with van der Waals surface area (Å²) in [6, 6.07) is 4.50. The standard InChI is InChI=1S/C21H28N4O5S/c1-5-6-7-16-19(26)18(21(27)25(23-16)11-10-13(2)3)20-22-15-9-8-14(30-4)12-17(15)31(28,29)24-20/h8-9,12-13,26H,5-7,10-11H2,1-4H3,(H,22,24). The average molecular weight is 449 g/mol. The molecule has 1 aliphatic rings. The predicted octanol–water partition coefficient (Wildman–Crippen LogP) is 2.91. The summed E-state index contributed by atoms with van der Waals surface area (Å²) in [5, 5.41) is 18.1. The van der Waals surface area contributed by atoms with Gasteiger partial charge in [-0.25, -0.2) is 4.68 Å². The van der Waals surface area contributed by atoms with Crippen LogP contribution in [-0.4, -0.2) is 36.3 Å². The third-order valence-corrected chi connectivity index (χ3v) is 6.37. The van der Waals surface area contributed by atoms with Crippen molar-refractivity contribution in [2.75, 3.05) is 12.4 Å². The molecule has 0 unspecified atom stereocenters. The minimum absolute atomic E-state index is 0.0597. The van der Waals surface area contributed by atoms with Crippen LogP contribution in [0.25, 0.3) is 0 Å². The van der Waals surface area contributed by atoms with Crippen molar-refractivity contribution in [3.8, 4) is 11.5 Å². The maximum atomic E-state index is 13.2. The van der Waals surface area contributed by atoms with E-state index in [4.69, 9.17) is 4.74 Å². The first kappa shape index (κ1) is 22.8. The van der Waals surface area contributed by atoms with Crippen molar-refractivity contribution in [3.05, 3.63) is 39.8 Å². The van der Waals surface area contributed by atoms with Gasteiger partial charge in [0.15, 0.2) is 11.6 Å². The molecule has 0 aliphatic carbocycles. The van der Waals surface area contributed by atoms with Gasteiger partial charge in [-0.2, -0.15) is 13.5 Å². The molecular formula is C21H28N4O5S. The zero-order chi connectivity index (χ0) is 22.8. The van der Waals surface area contributed by atoms with Crippen molar-refractivity contribution in [1.82, 2.24) is 9.78 Å². The third-order valence-electron chi connectivity index (χ3n) is 5.05. The lowest BCUT2D eigenvalue weighted by molar-refractivity contribution is 0.413. The van der Waals surface area contributed by atoms with Gasteiger partial charge in [-0.1, -0.05) is 27.2 Å². The Bertz CT molecular complexity index is 1170. The summed E-state index contributed by atoms with van der Waals surface area (Å²) in [6.07, 6.45) is 2.82. The Kier molecular flexibility index (Phi) is 6.68. The number of anilines is 1. The van der Waals surface area contributed by atoms with Gasteiger partial charge < -0.3 is 15.2 Å². The average Bonchev–Trinajstić information content (AvgIpc) is 2.72. The predicted molar refractivity (Wildman–Crippen MR) is 119 cm³/mol. The molecule has 168 valence electrons. The van der Waals surface area contributed by atoms with E-state index in [-0.39, 0.29) is 27.7 Å². The van der Waals surface area contributed by atoms with Crippen molar-refractivity contribution in [1.29, 1.82) is 0 Å². The number of unbranched alkanes of at least 4 members (excludes halogenated alkanes) is 1. The molecule has 2 N–H and O–H groups in total. The van der Waals surface area contributed by atoms with Crippen LogP contribution in [0.4, 0.5) is 5.69 Å². The summed E-state index contributed by atoms with van der Waals surface area (Å²) in [4.78, 5) is 13.1. The Morgan fingerprint density at radius 3 is 2.68 bits per heavy atom. The van der Waals surface area contributed by atoms with Gasteiger partial charge in [-0.3, -0.25) is 4.79 Å². The number of ether oxygens (including phenoxy) is 1. The second-order valence-corrected chi connectivity index (χ2v) is 9.46. The molecule has 1 aromatic carbocycles. The van der Waals surface area contributed by atoms with Crippen LogP contribution >= 0.6 is 0 Å². The number of aromatic nitrogens is 2. The highest BCUT2D eigenvalue weighted by molar-refractivity contribution is 7.90. The van der Waals surface area contributed by atoms with E-state index in [9.17, 15) is 18.3 Å². The number of rotatable bonds is 8. The zero-order valence-electron chi connectivity index (χ0n) is 18.2. The number of fused-ring (bicyclic) bond motifs is 1. The van der Waals surface area contributed by atoms with Gasteiger partial charge >= 0.3 is 0 Å². The Hall–Kier alpha value is -2.88. The second kappa shape index (κ2) is 9.09. The van der Waals surface area contributed by atoms with Gasteiger partial charge in [-0.05, 0) is 37.3 Å². The Morgan fingerprint density at radius 1 is 1.29 bits per heavy atom. The van der Waals surface area contributed by atoms with Crippen LogP contribution in [0, 0.1) is 5.92 Å². The number of hydrogen-bond acceptors (Lipinski definition) is 7. The lowest BCUT2D eigenvalue weighted by atomic mass is 10.1. The maximum Gasteiger partial charge on any atom is 0.286 e. The number of benzene rings is 1. The normalized spacial score (nSPS) is 14.7. The summed E-state index contributed by atoms with van der Waals surface area (Å²) >= 11 is 0. The highest BCUT2D eigenvalue weighted by Gasteiger charge is 2.30. The van der Waals surface area contributed by atoms with E-state index in [1.54, 1.807) is 6.07 Å². The second-order valence-electron chi connectivity index (χ2n) is 7.89. The molecule has 0 saturated carbocycles. The molecule has 0 bridgehead atoms. The van der Waals surface area contributed by atoms with Gasteiger partial charge in [0.25, 0.3) is 15.6 Å². The number of nitrogens with zero attached hydrogens (tertiary/aromatic N) is 3. The van der Waals surface area contributed by atoms with E-state index in [1.807, 2.05) is 20.8 Å². The molecule has 3 rings (SSSR count). The summed E-state index contributed by atoms with van der Waals surface area (Å²) in [5.41, 5.74) is -0.167. The van der Waals surface area contributed by atoms with Gasteiger partial charge in [-0.15, -0.1) is 4.40 Å². The number of nitrogens with one attached hydrogen (secondary N) is 1. The molecule has 1 aromatic heterocycles. The van der Waals surface area contributed by atoms with Gasteiger partial charge in [0.1, 0.15) is 21.9 Å². The first-order chi connectivity index (χ1) is 14.7. The molecule has 10 heteroatoms. The number of sulfonamides is 1. The van der Waals surface area contributed by atoms with Crippen molar-refractivity contribution in [3.63, 3.8) is 0 Å². The van der Waals surface area contributed by atoms with Crippen molar-refractivity contribution < 1.29 is 18.3 Å². The van der Waals surface area contributed by atoms with Gasteiger partial charge in [0.2, 0.25) is 0 Å². The molecule has 2 heterocycles. The van der Waals surface area contributed by atoms with E-state index >= 15 is 0 Å². The highest BCUT2D eigenvalue weighted by Crippen LogP contribution is 2.33. The molecule has 0 fully saturated rings. The van der Waals surface area contributed by atoms with Crippen LogP contribution in [0.1, 0.15) is 51.3 Å². The quantitative estimate of drug-likeness (QED) is 0.636. The van der Waals surface area contributed by atoms with E-state index in [2.05, 4.69) is 14.8 Å². The third kappa shape index (κ3) is 4.73. The van der Waals surface area contributed by atoms with E-state index < -0.39 is 15.6 Å². The topological polar surface area (TPSA) is 123 Å². The van der Waals surface area contributed by atoms with E-state index in [0.717, 1.165) is 12.8 Å². The number of methoxy groups -OCH3 is 1. The lowest BCUT2D eigenvalue weighted by Crippen LogP contribution is -2.34. The molecular weight excluding hydrogens is 420 g/mol. The van der Waals surface area contributed by atoms with Crippen LogP contribution in [0.3, 0.4) is 0 Å². The molecule has 1 aliphatic heterocycles. The summed E-state index contributed by atoms with van der Waals surface area (Å²) in [7, 11) is -2.67. The minimum atomic E-state index is -4.11. The summed E-state index contributed by atoms with van der Waals surface area (Å²) in [6.45, 7) is 6.44. The number of aromatic hydroxyl groups is 1. The van der Waals surface area contributed by atoms with E-state index in [0.29, 0.717) is 36.7 Å². The molecule has 0 radical (unpaired) electrons. The van der Waals surface area contributed by atoms with Crippen molar-refractivity contribution in [2.45, 2.75) is 57.9 Å². The van der Waals surface area contributed by atoms with Crippen LogP contribution < -0.4 is 15.6 Å². The van der Waals surface area contributed by atoms with Crippen LogP contribution in [-0.2, 0) is 23.0 Å². The SMILES string of the molecule is CCCCc1nn(CCC(C)C)c(=O)c(C2=NS(=O)(=O)c3cc(OC)ccc3N2)c1O. The smallest absolute Gasteiger partial charge is 0.286 e. The summed E-state index contributed by atoms with van der Waals surface area (Å²) < 4.78 is 35.8. The molecule has 0 amide bonds. The van der Waals surface area contributed by atoms with Crippen molar-refractivity contribution >= 4 is 21.5 Å². The van der Waals surface area contributed by atoms with E-state index in [1.165, 1.54) is 23.9 Å². The lowest BCUT2D eigenvalue weighted by Gasteiger charge is -2.20. The van der Waals surface area contributed by atoms with Crippen molar-refractivity contribution in [2.24, 2.45) is 10.3 Å². The fraction of sp³-hybridized carbons (Fsp3) is 0.476. The number of aryl methyl sites for hydroxylation is 2. The Labute approximate surface area is 181 Å². The molecule has 9 nitrogen and oxygen atoms in total.